The fourth-order valence-electron chi connectivity index (χ4n) is 1.65. The first-order valence-corrected chi connectivity index (χ1v) is 6.69. The van der Waals surface area contributed by atoms with Gasteiger partial charge in [0, 0.05) is 12.1 Å². The van der Waals surface area contributed by atoms with Gasteiger partial charge in [0.15, 0.2) is 0 Å². The number of rotatable bonds is 7. The molecule has 19 heavy (non-hydrogen) atoms. The lowest BCUT2D eigenvalue weighted by Crippen LogP contribution is -2.37. The van der Waals surface area contributed by atoms with Crippen molar-refractivity contribution in [1.29, 1.82) is 0 Å². The Morgan fingerprint density at radius 1 is 1.11 bits per heavy atom. The fourth-order valence-corrected chi connectivity index (χ4v) is 1.65. The second-order valence-electron chi connectivity index (χ2n) is 4.93. The Labute approximate surface area is 114 Å². The predicted octanol–water partition coefficient (Wildman–Crippen LogP) is 1.97. The van der Waals surface area contributed by atoms with Crippen molar-refractivity contribution in [2.45, 2.75) is 26.7 Å². The van der Waals surface area contributed by atoms with Crippen LogP contribution in [-0.4, -0.2) is 24.9 Å². The number of hydrogen-bond acceptors (Lipinski definition) is 2. The molecule has 0 unspecified atom stereocenters. The number of carbonyl (C=O) groups is 2. The van der Waals surface area contributed by atoms with Crippen molar-refractivity contribution in [3.63, 3.8) is 0 Å². The zero-order chi connectivity index (χ0) is 14.1. The van der Waals surface area contributed by atoms with Crippen molar-refractivity contribution in [3.05, 3.63) is 35.9 Å². The van der Waals surface area contributed by atoms with Crippen LogP contribution in [0.1, 0.15) is 37.0 Å². The fraction of sp³-hybridized carbons (Fsp3) is 0.467. The molecule has 1 rings (SSSR count). The monoisotopic (exact) mass is 262 g/mol. The predicted molar refractivity (Wildman–Crippen MR) is 75.9 cm³/mol. The lowest BCUT2D eigenvalue weighted by atomic mass is 10.1. The maximum absolute atomic E-state index is 11.7. The molecule has 0 aliphatic carbocycles. The van der Waals surface area contributed by atoms with Crippen LogP contribution in [-0.2, 0) is 4.79 Å². The molecule has 0 aliphatic rings. The smallest absolute Gasteiger partial charge is 0.251 e. The molecule has 4 nitrogen and oxygen atoms in total. The lowest BCUT2D eigenvalue weighted by Gasteiger charge is -2.08. The molecule has 0 fully saturated rings. The van der Waals surface area contributed by atoms with Crippen molar-refractivity contribution in [1.82, 2.24) is 10.6 Å². The van der Waals surface area contributed by atoms with E-state index in [2.05, 4.69) is 24.5 Å². The van der Waals surface area contributed by atoms with Crippen LogP contribution in [0, 0.1) is 5.92 Å². The van der Waals surface area contributed by atoms with E-state index in [0.717, 1.165) is 12.8 Å². The summed E-state index contributed by atoms with van der Waals surface area (Å²) < 4.78 is 0. The SMILES string of the molecule is CC(C)CCCNC(=O)CNC(=O)c1ccccc1. The van der Waals surface area contributed by atoms with Crippen molar-refractivity contribution >= 4 is 11.8 Å². The van der Waals surface area contributed by atoms with E-state index in [-0.39, 0.29) is 18.4 Å². The maximum Gasteiger partial charge on any atom is 0.251 e. The highest BCUT2D eigenvalue weighted by molar-refractivity contribution is 5.96. The van der Waals surface area contributed by atoms with Gasteiger partial charge in [0.25, 0.3) is 5.91 Å². The molecule has 1 aromatic carbocycles. The van der Waals surface area contributed by atoms with Crippen LogP contribution >= 0.6 is 0 Å². The molecule has 104 valence electrons. The van der Waals surface area contributed by atoms with Gasteiger partial charge in [-0.1, -0.05) is 32.0 Å². The first kappa shape index (κ1) is 15.2. The second-order valence-corrected chi connectivity index (χ2v) is 4.93. The minimum Gasteiger partial charge on any atom is -0.355 e. The summed E-state index contributed by atoms with van der Waals surface area (Å²) in [5, 5.41) is 5.39. The highest BCUT2D eigenvalue weighted by Crippen LogP contribution is 2.01. The minimum absolute atomic E-state index is 0.0232. The summed E-state index contributed by atoms with van der Waals surface area (Å²) in [5.74, 6) is 0.278. The third kappa shape index (κ3) is 6.60. The highest BCUT2D eigenvalue weighted by atomic mass is 16.2. The summed E-state index contributed by atoms with van der Waals surface area (Å²) in [4.78, 5) is 23.2. The van der Waals surface area contributed by atoms with E-state index in [0.29, 0.717) is 18.0 Å². The molecule has 0 bridgehead atoms. The van der Waals surface area contributed by atoms with Crippen molar-refractivity contribution in [2.24, 2.45) is 5.92 Å². The van der Waals surface area contributed by atoms with Gasteiger partial charge in [0.1, 0.15) is 0 Å². The van der Waals surface area contributed by atoms with Gasteiger partial charge >= 0.3 is 0 Å². The van der Waals surface area contributed by atoms with Crippen LogP contribution in [0.2, 0.25) is 0 Å². The molecule has 2 N–H and O–H groups in total. The zero-order valence-corrected chi connectivity index (χ0v) is 11.6. The molecule has 0 spiro atoms. The van der Waals surface area contributed by atoms with E-state index >= 15 is 0 Å². The summed E-state index contributed by atoms with van der Waals surface area (Å²) in [6, 6.07) is 8.87. The highest BCUT2D eigenvalue weighted by Gasteiger charge is 2.06. The van der Waals surface area contributed by atoms with Gasteiger partial charge in [-0.2, -0.15) is 0 Å². The second kappa shape index (κ2) is 8.29. The number of hydrogen-bond donors (Lipinski definition) is 2. The van der Waals surface area contributed by atoms with Gasteiger partial charge in [-0.25, -0.2) is 0 Å². The Balaban J connectivity index is 2.18. The summed E-state index contributed by atoms with van der Waals surface area (Å²) in [7, 11) is 0. The Kier molecular flexibility index (Phi) is 6.64. The summed E-state index contributed by atoms with van der Waals surface area (Å²) in [6.07, 6.45) is 2.06. The molecule has 4 heteroatoms. The summed E-state index contributed by atoms with van der Waals surface area (Å²) in [5.41, 5.74) is 0.565. The third-order valence-corrected chi connectivity index (χ3v) is 2.73. The van der Waals surface area contributed by atoms with E-state index in [1.807, 2.05) is 6.07 Å². The molecule has 1 aromatic rings. The van der Waals surface area contributed by atoms with Gasteiger partial charge in [-0.15, -0.1) is 0 Å². The van der Waals surface area contributed by atoms with Crippen LogP contribution in [0.25, 0.3) is 0 Å². The Hall–Kier alpha value is -1.84. The number of carbonyl (C=O) groups excluding carboxylic acids is 2. The topological polar surface area (TPSA) is 58.2 Å². The zero-order valence-electron chi connectivity index (χ0n) is 11.6. The Morgan fingerprint density at radius 3 is 2.42 bits per heavy atom. The van der Waals surface area contributed by atoms with Crippen molar-refractivity contribution < 1.29 is 9.59 Å². The molecule has 0 saturated heterocycles. The first-order valence-electron chi connectivity index (χ1n) is 6.69. The molecule has 0 radical (unpaired) electrons. The average Bonchev–Trinajstić information content (AvgIpc) is 2.41. The largest absolute Gasteiger partial charge is 0.355 e. The molecule has 2 amide bonds. The van der Waals surface area contributed by atoms with Gasteiger partial charge in [-0.3, -0.25) is 9.59 Å². The quantitative estimate of drug-likeness (QED) is 0.738. The molecule has 0 atom stereocenters. The van der Waals surface area contributed by atoms with E-state index < -0.39 is 0 Å². The van der Waals surface area contributed by atoms with Gasteiger partial charge in [0.2, 0.25) is 5.91 Å². The molecular formula is C15H22N2O2. The normalized spacial score (nSPS) is 10.3. The van der Waals surface area contributed by atoms with E-state index in [1.54, 1.807) is 24.3 Å². The van der Waals surface area contributed by atoms with E-state index in [9.17, 15) is 9.59 Å². The average molecular weight is 262 g/mol. The number of nitrogens with one attached hydrogen (secondary N) is 2. The standard InChI is InChI=1S/C15H22N2O2/c1-12(2)7-6-10-16-14(18)11-17-15(19)13-8-4-3-5-9-13/h3-5,8-9,12H,6-7,10-11H2,1-2H3,(H,16,18)(H,17,19). The van der Waals surface area contributed by atoms with Crippen LogP contribution in [0.15, 0.2) is 30.3 Å². The molecule has 0 heterocycles. The van der Waals surface area contributed by atoms with Gasteiger partial charge < -0.3 is 10.6 Å². The van der Waals surface area contributed by atoms with Crippen molar-refractivity contribution in [2.75, 3.05) is 13.1 Å². The molecule has 0 saturated carbocycles. The lowest BCUT2D eigenvalue weighted by molar-refractivity contribution is -0.120. The third-order valence-electron chi connectivity index (χ3n) is 2.73. The van der Waals surface area contributed by atoms with Crippen LogP contribution < -0.4 is 10.6 Å². The first-order chi connectivity index (χ1) is 9.09. The van der Waals surface area contributed by atoms with E-state index in [1.165, 1.54) is 0 Å². The molecular weight excluding hydrogens is 240 g/mol. The van der Waals surface area contributed by atoms with Crippen molar-refractivity contribution in [3.8, 4) is 0 Å². The minimum atomic E-state index is -0.224. The Morgan fingerprint density at radius 2 is 1.79 bits per heavy atom. The number of amides is 2. The van der Waals surface area contributed by atoms with Gasteiger partial charge in [-0.05, 0) is 30.9 Å². The van der Waals surface area contributed by atoms with E-state index in [4.69, 9.17) is 0 Å². The molecule has 0 aliphatic heterocycles. The van der Waals surface area contributed by atoms with Crippen LogP contribution in [0.5, 0.6) is 0 Å². The van der Waals surface area contributed by atoms with Gasteiger partial charge in [0.05, 0.1) is 6.54 Å². The van der Waals surface area contributed by atoms with Crippen LogP contribution in [0.4, 0.5) is 0 Å². The molecule has 0 aromatic heterocycles. The summed E-state index contributed by atoms with van der Waals surface area (Å²) in [6.45, 7) is 5.00. The van der Waals surface area contributed by atoms with Crippen LogP contribution in [0.3, 0.4) is 0 Å². The number of benzene rings is 1. The Bertz CT molecular complexity index is 402. The summed E-state index contributed by atoms with van der Waals surface area (Å²) >= 11 is 0. The maximum atomic E-state index is 11.7.